The molecule has 0 fully saturated rings. The van der Waals surface area contributed by atoms with Crippen LogP contribution in [0, 0.1) is 0 Å². The maximum atomic E-state index is 6.55. The highest BCUT2D eigenvalue weighted by atomic mass is 16.5. The average molecular weight is 579 g/mol. The Morgan fingerprint density at radius 1 is 0.667 bits per heavy atom. The minimum atomic E-state index is 0.658. The molecule has 2 aromatic carbocycles. The highest BCUT2D eigenvalue weighted by molar-refractivity contribution is 5.99. The number of fused-ring (bicyclic) bond motifs is 1. The maximum Gasteiger partial charge on any atom is 0.184 e. The molecule has 0 aliphatic carbocycles. The lowest BCUT2D eigenvalue weighted by Crippen LogP contribution is -2.30. The van der Waals surface area contributed by atoms with Gasteiger partial charge in [-0.25, -0.2) is 4.58 Å². The summed E-state index contributed by atoms with van der Waals surface area (Å²) in [6.45, 7) is 9.99. The number of unbranched alkanes of at least 4 members (excludes halogenated alkanes) is 13. The molecule has 42 heavy (non-hydrogen) atoms. The predicted octanol–water partition coefficient (Wildman–Crippen LogP) is 10.3. The van der Waals surface area contributed by atoms with Gasteiger partial charge in [0.15, 0.2) is 23.8 Å². The van der Waals surface area contributed by atoms with Crippen molar-refractivity contribution >= 4 is 5.71 Å². The van der Waals surface area contributed by atoms with E-state index in [1.807, 2.05) is 0 Å². The Morgan fingerprint density at radius 2 is 1.29 bits per heavy atom. The Hall–Kier alpha value is -2.49. The van der Waals surface area contributed by atoms with Crippen molar-refractivity contribution in [2.75, 3.05) is 26.9 Å². The van der Waals surface area contributed by atoms with Crippen molar-refractivity contribution in [1.82, 2.24) is 0 Å². The average Bonchev–Trinajstić information content (AvgIpc) is 3.01. The Kier molecular flexibility index (Phi) is 16.5. The van der Waals surface area contributed by atoms with Crippen molar-refractivity contribution in [3.63, 3.8) is 0 Å². The lowest BCUT2D eigenvalue weighted by Gasteiger charge is -2.23. The van der Waals surface area contributed by atoms with Crippen LogP contribution < -0.4 is 14.2 Å². The van der Waals surface area contributed by atoms with E-state index in [9.17, 15) is 0 Å². The summed E-state index contributed by atoms with van der Waals surface area (Å²) >= 11 is 0. The van der Waals surface area contributed by atoms with E-state index >= 15 is 0 Å². The molecule has 0 spiro atoms. The zero-order chi connectivity index (χ0) is 29.8. The molecule has 0 radical (unpaired) electrons. The highest BCUT2D eigenvalue weighted by Gasteiger charge is 2.30. The molecule has 0 aromatic heterocycles. The van der Waals surface area contributed by atoms with Crippen LogP contribution in [0.1, 0.15) is 140 Å². The first-order valence-corrected chi connectivity index (χ1v) is 17.4. The van der Waals surface area contributed by atoms with Crippen LogP contribution in [0.3, 0.4) is 0 Å². The van der Waals surface area contributed by atoms with Crippen molar-refractivity contribution in [3.8, 4) is 17.2 Å². The van der Waals surface area contributed by atoms with E-state index in [-0.39, 0.29) is 0 Å². The minimum absolute atomic E-state index is 0.658. The minimum Gasteiger partial charge on any atom is -0.497 e. The van der Waals surface area contributed by atoms with Gasteiger partial charge in [-0.3, -0.25) is 0 Å². The molecule has 1 heterocycles. The Morgan fingerprint density at radius 3 is 1.90 bits per heavy atom. The standard InChI is InChI=1S/C38H60NO3/c1-5-8-10-12-14-15-16-17-19-21-36-34-26-27-37(41-7-3)38(42-30-20-18-13-11-9-6-2)35(34)28-29-39(36)31-32-22-24-33(40-4)25-23-32/h22-27H,5-21,28-31H2,1-4H3/q+1. The van der Waals surface area contributed by atoms with Gasteiger partial charge in [-0.1, -0.05) is 97.3 Å². The number of benzene rings is 2. The Bertz CT molecular complexity index is 1040. The predicted molar refractivity (Wildman–Crippen MR) is 178 cm³/mol. The fraction of sp³-hybridized carbons (Fsp3) is 0.658. The van der Waals surface area contributed by atoms with Crippen molar-refractivity contribution in [2.45, 2.75) is 136 Å². The topological polar surface area (TPSA) is 30.7 Å². The third-order valence-corrected chi connectivity index (χ3v) is 8.64. The van der Waals surface area contributed by atoms with Gasteiger partial charge >= 0.3 is 0 Å². The largest absolute Gasteiger partial charge is 0.497 e. The molecule has 0 unspecified atom stereocenters. The summed E-state index contributed by atoms with van der Waals surface area (Å²) < 4.78 is 20.7. The summed E-state index contributed by atoms with van der Waals surface area (Å²) in [7, 11) is 1.73. The van der Waals surface area contributed by atoms with Gasteiger partial charge < -0.3 is 14.2 Å². The molecular weight excluding hydrogens is 518 g/mol. The van der Waals surface area contributed by atoms with Crippen molar-refractivity contribution < 1.29 is 18.8 Å². The summed E-state index contributed by atoms with van der Waals surface area (Å²) in [5, 5.41) is 0. The molecule has 1 aliphatic rings. The number of nitrogens with zero attached hydrogens (tertiary/aromatic N) is 1. The third-order valence-electron chi connectivity index (χ3n) is 8.64. The first-order valence-electron chi connectivity index (χ1n) is 17.4. The molecule has 0 saturated carbocycles. The van der Waals surface area contributed by atoms with E-state index in [4.69, 9.17) is 14.2 Å². The van der Waals surface area contributed by atoms with Crippen LogP contribution >= 0.6 is 0 Å². The monoisotopic (exact) mass is 578 g/mol. The fourth-order valence-corrected chi connectivity index (χ4v) is 6.18. The molecule has 0 amide bonds. The lowest BCUT2D eigenvalue weighted by atomic mass is 9.91. The molecule has 1 aliphatic heterocycles. The van der Waals surface area contributed by atoms with E-state index in [0.717, 1.165) is 56.2 Å². The summed E-state index contributed by atoms with van der Waals surface area (Å²) in [5.41, 5.74) is 5.52. The normalized spacial score (nSPS) is 12.9. The lowest BCUT2D eigenvalue weighted by molar-refractivity contribution is -0.545. The zero-order valence-electron chi connectivity index (χ0n) is 27.5. The maximum absolute atomic E-state index is 6.55. The summed E-state index contributed by atoms with van der Waals surface area (Å²) in [6, 6.07) is 13.0. The molecule has 3 rings (SSSR count). The third kappa shape index (κ3) is 11.3. The second kappa shape index (κ2) is 20.4. The molecular formula is C38H60NO3+. The van der Waals surface area contributed by atoms with Gasteiger partial charge in [0.25, 0.3) is 0 Å². The van der Waals surface area contributed by atoms with Crippen LogP contribution in [0.4, 0.5) is 0 Å². The second-order valence-corrected chi connectivity index (χ2v) is 12.0. The van der Waals surface area contributed by atoms with E-state index in [1.165, 1.54) is 112 Å². The molecule has 4 heteroatoms. The van der Waals surface area contributed by atoms with E-state index in [1.54, 1.807) is 7.11 Å². The number of hydrogen-bond donors (Lipinski definition) is 0. The molecule has 4 nitrogen and oxygen atoms in total. The molecule has 234 valence electrons. The van der Waals surface area contributed by atoms with Gasteiger partial charge in [-0.15, -0.1) is 0 Å². The quantitative estimate of drug-likeness (QED) is 0.0971. The van der Waals surface area contributed by atoms with Crippen molar-refractivity contribution in [2.24, 2.45) is 0 Å². The summed E-state index contributed by atoms with van der Waals surface area (Å²) in [4.78, 5) is 0. The SMILES string of the molecule is CCCCCCCCCCCC1=[N+](Cc2ccc(OC)cc2)CCc2c1ccc(OCC)c2OCCCCCCCC. The molecule has 0 atom stereocenters. The van der Waals surface area contributed by atoms with Crippen LogP contribution in [0.15, 0.2) is 36.4 Å². The first kappa shape index (κ1) is 34.0. The smallest absolute Gasteiger partial charge is 0.184 e. The van der Waals surface area contributed by atoms with Crippen LogP contribution in [-0.4, -0.2) is 37.2 Å². The number of rotatable bonds is 23. The zero-order valence-corrected chi connectivity index (χ0v) is 27.5. The fourth-order valence-electron chi connectivity index (χ4n) is 6.18. The van der Waals surface area contributed by atoms with Gasteiger partial charge in [0.1, 0.15) is 12.3 Å². The molecule has 2 aromatic rings. The number of ether oxygens (including phenoxy) is 3. The van der Waals surface area contributed by atoms with Crippen LogP contribution in [0.25, 0.3) is 0 Å². The van der Waals surface area contributed by atoms with Gasteiger partial charge in [-0.2, -0.15) is 0 Å². The first-order chi connectivity index (χ1) is 20.7. The van der Waals surface area contributed by atoms with Gasteiger partial charge in [0.05, 0.1) is 20.3 Å². The van der Waals surface area contributed by atoms with Crippen LogP contribution in [0.2, 0.25) is 0 Å². The Balaban J connectivity index is 1.75. The summed E-state index contributed by atoms with van der Waals surface area (Å²) in [5.74, 6) is 2.82. The van der Waals surface area contributed by atoms with Crippen molar-refractivity contribution in [1.29, 1.82) is 0 Å². The Labute approximate surface area is 257 Å². The number of methoxy groups -OCH3 is 1. The van der Waals surface area contributed by atoms with Gasteiger partial charge in [0.2, 0.25) is 0 Å². The van der Waals surface area contributed by atoms with E-state index in [2.05, 4.69) is 61.7 Å². The van der Waals surface area contributed by atoms with Gasteiger partial charge in [0, 0.05) is 29.5 Å². The second-order valence-electron chi connectivity index (χ2n) is 12.0. The molecule has 0 bridgehead atoms. The molecule has 0 N–H and O–H groups in total. The number of hydrogen-bond acceptors (Lipinski definition) is 3. The van der Waals surface area contributed by atoms with E-state index in [0.29, 0.717) is 6.61 Å². The van der Waals surface area contributed by atoms with Crippen LogP contribution in [0.5, 0.6) is 17.2 Å². The van der Waals surface area contributed by atoms with Crippen molar-refractivity contribution in [3.05, 3.63) is 53.1 Å². The highest BCUT2D eigenvalue weighted by Crippen LogP contribution is 2.37. The summed E-state index contributed by atoms with van der Waals surface area (Å²) in [6.07, 6.45) is 21.9. The molecule has 0 saturated heterocycles. The van der Waals surface area contributed by atoms with Crippen LogP contribution in [-0.2, 0) is 13.0 Å². The van der Waals surface area contributed by atoms with Gasteiger partial charge in [-0.05, 0) is 56.2 Å². The van der Waals surface area contributed by atoms with E-state index < -0.39 is 0 Å².